The van der Waals surface area contributed by atoms with E-state index >= 15 is 0 Å². The fraction of sp³-hybridized carbons (Fsp3) is 0.0909. The largest absolute Gasteiger partial charge is 0.494 e. The highest BCUT2D eigenvalue weighted by atomic mass is 35.5. The molecule has 1 aliphatic rings. The number of hydrazone groups is 1. The van der Waals surface area contributed by atoms with E-state index in [0.29, 0.717) is 16.4 Å². The third-order valence-electron chi connectivity index (χ3n) is 4.82. The molecular weight excluding hydrogens is 420 g/mol. The number of H-pyrrole nitrogens is 1. The van der Waals surface area contributed by atoms with Gasteiger partial charge in [-0.15, -0.1) is 0 Å². The molecule has 0 saturated heterocycles. The van der Waals surface area contributed by atoms with Crippen LogP contribution >= 0.6 is 11.6 Å². The number of benzene rings is 2. The van der Waals surface area contributed by atoms with Gasteiger partial charge in [0, 0.05) is 5.02 Å². The molecule has 1 amide bonds. The van der Waals surface area contributed by atoms with E-state index in [1.165, 1.54) is 17.2 Å². The molecule has 1 aromatic heterocycles. The number of aromatic hydroxyl groups is 1. The molecule has 0 atom stereocenters. The number of hydrogen-bond donors (Lipinski definition) is 2. The maximum Gasteiger partial charge on any atom is 0.335 e. The van der Waals surface area contributed by atoms with E-state index in [1.807, 2.05) is 19.1 Å². The van der Waals surface area contributed by atoms with Gasteiger partial charge in [-0.3, -0.25) is 14.6 Å². The zero-order valence-corrected chi connectivity index (χ0v) is 17.3. The molecule has 1 aliphatic heterocycles. The van der Waals surface area contributed by atoms with Crippen LogP contribution in [0.5, 0.6) is 5.88 Å². The van der Waals surface area contributed by atoms with Crippen molar-refractivity contribution in [2.45, 2.75) is 13.8 Å². The van der Waals surface area contributed by atoms with Crippen molar-refractivity contribution in [2.75, 3.05) is 5.01 Å². The van der Waals surface area contributed by atoms with Crippen LogP contribution in [0.3, 0.4) is 0 Å². The lowest BCUT2D eigenvalue weighted by Crippen LogP contribution is -2.30. The third kappa shape index (κ3) is 3.69. The first kappa shape index (κ1) is 20.4. The maximum atomic E-state index is 13.0. The average Bonchev–Trinajstić information content (AvgIpc) is 2.99. The fourth-order valence-electron chi connectivity index (χ4n) is 3.21. The van der Waals surface area contributed by atoms with E-state index in [-0.39, 0.29) is 16.8 Å². The molecule has 4 rings (SSSR count). The lowest BCUT2D eigenvalue weighted by Gasteiger charge is -2.12. The number of nitrogens with one attached hydrogen (secondary N) is 1. The Balaban J connectivity index is 1.82. The number of rotatable bonds is 3. The standard InChI is InChI=1S/C22H17ClN4O4/c1-12-6-8-15(9-7-12)27-21(30)17(13(2)25-27)11-18-19(28)24-22(31)26(20(18)29)16-5-3-4-14(23)10-16/h3-11,29H,1-2H3,(H,24,28,31)/b17-11-. The minimum atomic E-state index is -0.837. The minimum Gasteiger partial charge on any atom is -0.494 e. The molecule has 8 nitrogen and oxygen atoms in total. The first-order valence-corrected chi connectivity index (χ1v) is 9.66. The predicted molar refractivity (Wildman–Crippen MR) is 119 cm³/mol. The second-order valence-electron chi connectivity index (χ2n) is 7.01. The Morgan fingerprint density at radius 2 is 1.74 bits per heavy atom. The van der Waals surface area contributed by atoms with Gasteiger partial charge in [-0.1, -0.05) is 35.4 Å². The number of hydrogen-bond acceptors (Lipinski definition) is 5. The average molecular weight is 437 g/mol. The van der Waals surface area contributed by atoms with Crippen molar-refractivity contribution in [1.82, 2.24) is 9.55 Å². The summed E-state index contributed by atoms with van der Waals surface area (Å²) in [5.41, 5.74) is 0.437. The summed E-state index contributed by atoms with van der Waals surface area (Å²) < 4.78 is 0.906. The van der Waals surface area contributed by atoms with Gasteiger partial charge < -0.3 is 5.11 Å². The van der Waals surface area contributed by atoms with Crippen LogP contribution in [0.25, 0.3) is 11.8 Å². The summed E-state index contributed by atoms with van der Waals surface area (Å²) in [6.07, 6.45) is 1.23. The molecule has 0 unspecified atom stereocenters. The lowest BCUT2D eigenvalue weighted by molar-refractivity contribution is -0.114. The molecular formula is C22H17ClN4O4. The van der Waals surface area contributed by atoms with Crippen LogP contribution in [-0.4, -0.2) is 26.3 Å². The molecule has 3 aromatic rings. The fourth-order valence-corrected chi connectivity index (χ4v) is 3.40. The highest BCUT2D eigenvalue weighted by Crippen LogP contribution is 2.27. The van der Waals surface area contributed by atoms with Gasteiger partial charge in [0.1, 0.15) is 5.56 Å². The molecule has 2 aromatic carbocycles. The number of aryl methyl sites for hydroxylation is 1. The highest BCUT2D eigenvalue weighted by Gasteiger charge is 2.29. The molecule has 31 heavy (non-hydrogen) atoms. The Bertz CT molecular complexity index is 1380. The van der Waals surface area contributed by atoms with Crippen LogP contribution in [-0.2, 0) is 4.79 Å². The smallest absolute Gasteiger partial charge is 0.335 e. The normalized spacial score (nSPS) is 14.9. The monoisotopic (exact) mass is 436 g/mol. The third-order valence-corrected chi connectivity index (χ3v) is 5.05. The van der Waals surface area contributed by atoms with Crippen molar-refractivity contribution in [1.29, 1.82) is 0 Å². The Hall–Kier alpha value is -3.91. The number of aromatic amines is 1. The second-order valence-corrected chi connectivity index (χ2v) is 7.44. The van der Waals surface area contributed by atoms with Gasteiger partial charge in [0.25, 0.3) is 11.5 Å². The van der Waals surface area contributed by atoms with Crippen LogP contribution in [0, 0.1) is 6.92 Å². The molecule has 2 heterocycles. The number of carbonyl (C=O) groups excluding carboxylic acids is 1. The van der Waals surface area contributed by atoms with Gasteiger partial charge in [0.05, 0.1) is 22.7 Å². The summed E-state index contributed by atoms with van der Waals surface area (Å²) in [5, 5.41) is 16.6. The van der Waals surface area contributed by atoms with Crippen molar-refractivity contribution >= 4 is 35.0 Å². The Morgan fingerprint density at radius 1 is 1.03 bits per heavy atom. The first-order chi connectivity index (χ1) is 14.8. The topological polar surface area (TPSA) is 108 Å². The first-order valence-electron chi connectivity index (χ1n) is 9.29. The molecule has 0 spiro atoms. The Kier molecular flexibility index (Phi) is 5.08. The van der Waals surface area contributed by atoms with Crippen LogP contribution in [0.4, 0.5) is 5.69 Å². The van der Waals surface area contributed by atoms with Crippen molar-refractivity contribution in [3.8, 4) is 11.6 Å². The summed E-state index contributed by atoms with van der Waals surface area (Å²) in [6.45, 7) is 3.55. The van der Waals surface area contributed by atoms with E-state index in [4.69, 9.17) is 11.6 Å². The minimum absolute atomic E-state index is 0.123. The van der Waals surface area contributed by atoms with Crippen molar-refractivity contribution < 1.29 is 9.90 Å². The predicted octanol–water partition coefficient (Wildman–Crippen LogP) is 3.00. The van der Waals surface area contributed by atoms with E-state index in [1.54, 1.807) is 37.3 Å². The van der Waals surface area contributed by atoms with Gasteiger partial charge in [-0.25, -0.2) is 9.36 Å². The zero-order chi connectivity index (χ0) is 22.3. The van der Waals surface area contributed by atoms with Crippen LogP contribution in [0.15, 0.2) is 68.8 Å². The van der Waals surface area contributed by atoms with Gasteiger partial charge in [-0.2, -0.15) is 10.1 Å². The summed E-state index contributed by atoms with van der Waals surface area (Å²) in [6, 6.07) is 13.5. The van der Waals surface area contributed by atoms with E-state index in [0.717, 1.165) is 10.1 Å². The molecule has 0 radical (unpaired) electrons. The van der Waals surface area contributed by atoms with E-state index < -0.39 is 23.0 Å². The number of halogens is 1. The van der Waals surface area contributed by atoms with Crippen molar-refractivity contribution in [3.05, 3.63) is 91.1 Å². The number of carbonyl (C=O) groups is 1. The molecule has 0 bridgehead atoms. The van der Waals surface area contributed by atoms with Crippen molar-refractivity contribution in [2.24, 2.45) is 5.10 Å². The van der Waals surface area contributed by atoms with E-state index in [2.05, 4.69) is 10.1 Å². The van der Waals surface area contributed by atoms with Gasteiger partial charge in [0.2, 0.25) is 5.88 Å². The summed E-state index contributed by atoms with van der Waals surface area (Å²) in [5.74, 6) is -1.07. The lowest BCUT2D eigenvalue weighted by atomic mass is 10.1. The van der Waals surface area contributed by atoms with Crippen LogP contribution in [0.1, 0.15) is 18.1 Å². The summed E-state index contributed by atoms with van der Waals surface area (Å²) >= 11 is 5.98. The van der Waals surface area contributed by atoms with Crippen LogP contribution < -0.4 is 16.3 Å². The molecule has 9 heteroatoms. The second kappa shape index (κ2) is 7.73. The van der Waals surface area contributed by atoms with Gasteiger partial charge in [0.15, 0.2) is 0 Å². The molecule has 0 saturated carbocycles. The summed E-state index contributed by atoms with van der Waals surface area (Å²) in [4.78, 5) is 39.9. The molecule has 0 aliphatic carbocycles. The highest BCUT2D eigenvalue weighted by molar-refractivity contribution is 6.32. The Morgan fingerprint density at radius 3 is 2.42 bits per heavy atom. The number of amides is 1. The number of anilines is 1. The van der Waals surface area contributed by atoms with Gasteiger partial charge >= 0.3 is 5.69 Å². The van der Waals surface area contributed by atoms with Crippen LogP contribution in [0.2, 0.25) is 5.02 Å². The van der Waals surface area contributed by atoms with E-state index in [9.17, 15) is 19.5 Å². The zero-order valence-electron chi connectivity index (χ0n) is 16.6. The number of nitrogens with zero attached hydrogens (tertiary/aromatic N) is 3. The van der Waals surface area contributed by atoms with Crippen molar-refractivity contribution in [3.63, 3.8) is 0 Å². The summed E-state index contributed by atoms with van der Waals surface area (Å²) in [7, 11) is 0. The molecule has 156 valence electrons. The quantitative estimate of drug-likeness (QED) is 0.615. The molecule has 2 N–H and O–H groups in total. The Labute approximate surface area is 181 Å². The number of aromatic nitrogens is 2. The molecule has 0 fully saturated rings. The maximum absolute atomic E-state index is 13.0. The SMILES string of the molecule is CC1=NN(c2ccc(C)cc2)C(=O)/C1=C\c1c(O)n(-c2cccc(Cl)c2)c(=O)[nH]c1=O. The van der Waals surface area contributed by atoms with Gasteiger partial charge in [-0.05, 0) is 50.3 Å².